The van der Waals surface area contributed by atoms with Crippen molar-refractivity contribution in [1.82, 2.24) is 9.97 Å². The summed E-state index contributed by atoms with van der Waals surface area (Å²) in [6.45, 7) is 1.86. The first-order valence-electron chi connectivity index (χ1n) is 6.47. The standard InChI is InChI=1S/C15H15N3O2S/c1-10-3-2-4-12(7-10)21(19,20)9-15-17-13-6-5-11(16)8-14(13)18-15/h2-8H,9,16H2,1H3,(H,17,18). The van der Waals surface area contributed by atoms with Crippen LogP contribution in [-0.4, -0.2) is 18.4 Å². The van der Waals surface area contributed by atoms with Gasteiger partial charge in [-0.3, -0.25) is 0 Å². The number of anilines is 1. The van der Waals surface area contributed by atoms with Crippen molar-refractivity contribution in [2.75, 3.05) is 5.73 Å². The predicted molar refractivity (Wildman–Crippen MR) is 82.6 cm³/mol. The van der Waals surface area contributed by atoms with Crippen molar-refractivity contribution >= 4 is 26.6 Å². The summed E-state index contributed by atoms with van der Waals surface area (Å²) in [7, 11) is -3.42. The first-order valence-corrected chi connectivity index (χ1v) is 8.13. The molecule has 0 amide bonds. The van der Waals surface area contributed by atoms with Gasteiger partial charge in [0.2, 0.25) is 0 Å². The molecule has 1 aromatic heterocycles. The molecule has 0 saturated heterocycles. The van der Waals surface area contributed by atoms with Crippen LogP contribution in [0.15, 0.2) is 47.4 Å². The van der Waals surface area contributed by atoms with E-state index in [2.05, 4.69) is 9.97 Å². The van der Waals surface area contributed by atoms with E-state index in [0.29, 0.717) is 21.9 Å². The lowest BCUT2D eigenvalue weighted by Crippen LogP contribution is -2.06. The highest BCUT2D eigenvalue weighted by molar-refractivity contribution is 7.90. The Balaban J connectivity index is 1.97. The van der Waals surface area contributed by atoms with Gasteiger partial charge >= 0.3 is 0 Å². The van der Waals surface area contributed by atoms with Gasteiger partial charge in [0.05, 0.1) is 15.9 Å². The first kappa shape index (κ1) is 13.6. The zero-order chi connectivity index (χ0) is 15.0. The van der Waals surface area contributed by atoms with Crippen molar-refractivity contribution in [1.29, 1.82) is 0 Å². The third kappa shape index (κ3) is 2.75. The molecule has 0 aliphatic rings. The maximum absolute atomic E-state index is 12.4. The molecule has 1 heterocycles. The number of benzene rings is 2. The molecule has 0 atom stereocenters. The minimum atomic E-state index is -3.42. The molecule has 0 unspecified atom stereocenters. The SMILES string of the molecule is Cc1cccc(S(=O)(=O)Cc2nc3ccc(N)cc3[nH]2)c1. The number of nitrogens with one attached hydrogen (secondary N) is 1. The van der Waals surface area contributed by atoms with Gasteiger partial charge in [0.15, 0.2) is 9.84 Å². The summed E-state index contributed by atoms with van der Waals surface area (Å²) in [6, 6.07) is 12.1. The van der Waals surface area contributed by atoms with Crippen molar-refractivity contribution in [3.05, 3.63) is 53.9 Å². The van der Waals surface area contributed by atoms with Crippen LogP contribution in [0.4, 0.5) is 5.69 Å². The van der Waals surface area contributed by atoms with Gasteiger partial charge in [0.25, 0.3) is 0 Å². The lowest BCUT2D eigenvalue weighted by Gasteiger charge is -2.03. The van der Waals surface area contributed by atoms with Crippen LogP contribution in [0.5, 0.6) is 0 Å². The van der Waals surface area contributed by atoms with Crippen molar-refractivity contribution in [3.8, 4) is 0 Å². The number of hydrogen-bond donors (Lipinski definition) is 2. The van der Waals surface area contributed by atoms with E-state index in [0.717, 1.165) is 11.1 Å². The summed E-state index contributed by atoms with van der Waals surface area (Å²) in [5, 5.41) is 0. The molecular formula is C15H15N3O2S. The Morgan fingerprint density at radius 3 is 2.76 bits per heavy atom. The fourth-order valence-corrected chi connectivity index (χ4v) is 3.54. The molecule has 3 aromatic rings. The average Bonchev–Trinajstić information content (AvgIpc) is 2.79. The number of H-pyrrole nitrogens is 1. The Morgan fingerprint density at radius 2 is 2.00 bits per heavy atom. The molecule has 2 aromatic carbocycles. The van der Waals surface area contributed by atoms with Crippen molar-refractivity contribution in [3.63, 3.8) is 0 Å². The van der Waals surface area contributed by atoms with Crippen LogP contribution in [0.1, 0.15) is 11.4 Å². The quantitative estimate of drug-likeness (QED) is 0.727. The highest BCUT2D eigenvalue weighted by atomic mass is 32.2. The molecule has 5 nitrogen and oxygen atoms in total. The van der Waals surface area contributed by atoms with Crippen molar-refractivity contribution < 1.29 is 8.42 Å². The molecule has 0 bridgehead atoms. The lowest BCUT2D eigenvalue weighted by atomic mass is 10.2. The molecule has 6 heteroatoms. The number of nitrogens with two attached hydrogens (primary N) is 1. The molecule has 3 N–H and O–H groups in total. The van der Waals surface area contributed by atoms with Gasteiger partial charge in [0, 0.05) is 5.69 Å². The van der Waals surface area contributed by atoms with Gasteiger partial charge in [-0.15, -0.1) is 0 Å². The number of aryl methyl sites for hydroxylation is 1. The summed E-state index contributed by atoms with van der Waals surface area (Å²) in [4.78, 5) is 7.61. The summed E-state index contributed by atoms with van der Waals surface area (Å²) < 4.78 is 24.8. The van der Waals surface area contributed by atoms with Crippen molar-refractivity contribution in [2.45, 2.75) is 17.6 Å². The lowest BCUT2D eigenvalue weighted by molar-refractivity contribution is 0.594. The van der Waals surface area contributed by atoms with Crippen LogP contribution in [0, 0.1) is 6.92 Å². The molecule has 0 aliphatic carbocycles. The average molecular weight is 301 g/mol. The van der Waals surface area contributed by atoms with Gasteiger partial charge in [-0.1, -0.05) is 12.1 Å². The largest absolute Gasteiger partial charge is 0.399 e. The number of aromatic amines is 1. The number of fused-ring (bicyclic) bond motifs is 1. The first-order chi connectivity index (χ1) is 9.94. The fourth-order valence-electron chi connectivity index (χ4n) is 2.22. The van der Waals surface area contributed by atoms with E-state index >= 15 is 0 Å². The smallest absolute Gasteiger partial charge is 0.185 e. The van der Waals surface area contributed by atoms with Gasteiger partial charge < -0.3 is 10.7 Å². The minimum absolute atomic E-state index is 0.162. The Kier molecular flexibility index (Phi) is 3.17. The third-order valence-electron chi connectivity index (χ3n) is 3.23. The molecule has 108 valence electrons. The molecular weight excluding hydrogens is 286 g/mol. The summed E-state index contributed by atoms with van der Waals surface area (Å²) >= 11 is 0. The highest BCUT2D eigenvalue weighted by Gasteiger charge is 2.17. The van der Waals surface area contributed by atoms with Gasteiger partial charge in [-0.05, 0) is 42.8 Å². The van der Waals surface area contributed by atoms with Crippen LogP contribution < -0.4 is 5.73 Å². The molecule has 0 spiro atoms. The normalized spacial score (nSPS) is 11.9. The van der Waals surface area contributed by atoms with E-state index in [1.54, 1.807) is 36.4 Å². The molecule has 3 rings (SSSR count). The number of rotatable bonds is 3. The van der Waals surface area contributed by atoms with Crippen LogP contribution in [0.2, 0.25) is 0 Å². The summed E-state index contributed by atoms with van der Waals surface area (Å²) in [6.07, 6.45) is 0. The van der Waals surface area contributed by atoms with E-state index in [-0.39, 0.29) is 5.75 Å². The van der Waals surface area contributed by atoms with E-state index in [1.807, 2.05) is 13.0 Å². The van der Waals surface area contributed by atoms with Crippen molar-refractivity contribution in [2.24, 2.45) is 0 Å². The fraction of sp³-hybridized carbons (Fsp3) is 0.133. The van der Waals surface area contributed by atoms with Gasteiger partial charge in [-0.25, -0.2) is 13.4 Å². The zero-order valence-corrected chi connectivity index (χ0v) is 12.3. The number of hydrogen-bond acceptors (Lipinski definition) is 4. The summed E-state index contributed by atoms with van der Waals surface area (Å²) in [5.41, 5.74) is 8.67. The van der Waals surface area contributed by atoms with Gasteiger partial charge in [0.1, 0.15) is 11.6 Å². The molecule has 0 radical (unpaired) electrons. The van der Waals surface area contributed by atoms with Crippen LogP contribution in [0.25, 0.3) is 11.0 Å². The number of sulfone groups is 1. The van der Waals surface area contributed by atoms with E-state index in [9.17, 15) is 8.42 Å². The second-order valence-corrected chi connectivity index (χ2v) is 7.03. The molecule has 0 aliphatic heterocycles. The van der Waals surface area contributed by atoms with E-state index in [1.165, 1.54) is 0 Å². The molecule has 21 heavy (non-hydrogen) atoms. The second kappa shape index (κ2) is 4.89. The predicted octanol–water partition coefficient (Wildman–Crippen LogP) is 2.43. The highest BCUT2D eigenvalue weighted by Crippen LogP contribution is 2.19. The Labute approximate surface area is 122 Å². The van der Waals surface area contributed by atoms with E-state index in [4.69, 9.17) is 5.73 Å². The summed E-state index contributed by atoms with van der Waals surface area (Å²) in [5.74, 6) is 0.252. The van der Waals surface area contributed by atoms with Crippen LogP contribution in [0.3, 0.4) is 0 Å². The van der Waals surface area contributed by atoms with Gasteiger partial charge in [-0.2, -0.15) is 0 Å². The number of imidazole rings is 1. The maximum atomic E-state index is 12.4. The van der Waals surface area contributed by atoms with Crippen LogP contribution >= 0.6 is 0 Å². The Morgan fingerprint density at radius 1 is 1.19 bits per heavy atom. The zero-order valence-electron chi connectivity index (χ0n) is 11.5. The molecule has 0 saturated carbocycles. The monoisotopic (exact) mass is 301 g/mol. The second-order valence-electron chi connectivity index (χ2n) is 5.04. The Bertz CT molecular complexity index is 914. The number of nitrogens with zero attached hydrogens (tertiary/aromatic N) is 1. The number of aromatic nitrogens is 2. The topological polar surface area (TPSA) is 88.8 Å². The van der Waals surface area contributed by atoms with Crippen LogP contribution in [-0.2, 0) is 15.6 Å². The third-order valence-corrected chi connectivity index (χ3v) is 4.86. The Hall–Kier alpha value is -2.34. The number of nitrogen functional groups attached to an aromatic ring is 1. The maximum Gasteiger partial charge on any atom is 0.185 e. The molecule has 0 fully saturated rings. The minimum Gasteiger partial charge on any atom is -0.399 e. The van der Waals surface area contributed by atoms with E-state index < -0.39 is 9.84 Å².